The Hall–Kier alpha value is -1.86. The lowest BCUT2D eigenvalue weighted by atomic mass is 10.1. The molecule has 1 amide bonds. The number of carbonyl (C=O) groups is 1. The molecule has 1 unspecified atom stereocenters. The SMILES string of the molecule is CCC(=O)N1CCCC(Oc2nccc(C(F)(F)F)n2)C1. The van der Waals surface area contributed by atoms with Gasteiger partial charge in [-0.25, -0.2) is 4.98 Å². The highest BCUT2D eigenvalue weighted by Crippen LogP contribution is 2.28. The summed E-state index contributed by atoms with van der Waals surface area (Å²) in [6.45, 7) is 2.77. The Morgan fingerprint density at radius 1 is 1.52 bits per heavy atom. The van der Waals surface area contributed by atoms with Crippen molar-refractivity contribution in [3.63, 3.8) is 0 Å². The Labute approximate surface area is 120 Å². The summed E-state index contributed by atoms with van der Waals surface area (Å²) in [6.07, 6.45) is -2.09. The maximum absolute atomic E-state index is 12.6. The van der Waals surface area contributed by atoms with Gasteiger partial charge in [0.15, 0.2) is 5.69 Å². The van der Waals surface area contributed by atoms with E-state index < -0.39 is 11.9 Å². The number of rotatable bonds is 3. The molecule has 1 aromatic rings. The number of halogens is 3. The van der Waals surface area contributed by atoms with Crippen LogP contribution in [0.3, 0.4) is 0 Å². The second-order valence-corrected chi connectivity index (χ2v) is 4.80. The van der Waals surface area contributed by atoms with Gasteiger partial charge in [-0.3, -0.25) is 4.79 Å². The maximum atomic E-state index is 12.6. The molecule has 8 heteroatoms. The van der Waals surface area contributed by atoms with E-state index in [0.717, 1.165) is 18.7 Å². The van der Waals surface area contributed by atoms with Crippen LogP contribution in [0.15, 0.2) is 12.3 Å². The molecule has 0 N–H and O–H groups in total. The molecular formula is C13H16F3N3O2. The minimum absolute atomic E-state index is 0.00765. The number of ether oxygens (including phenoxy) is 1. The van der Waals surface area contributed by atoms with Gasteiger partial charge >= 0.3 is 12.2 Å². The van der Waals surface area contributed by atoms with Gasteiger partial charge in [-0.2, -0.15) is 18.2 Å². The lowest BCUT2D eigenvalue weighted by Gasteiger charge is -2.32. The van der Waals surface area contributed by atoms with E-state index in [1.54, 1.807) is 11.8 Å². The highest BCUT2D eigenvalue weighted by Gasteiger charge is 2.33. The van der Waals surface area contributed by atoms with E-state index in [-0.39, 0.29) is 18.0 Å². The predicted molar refractivity (Wildman–Crippen MR) is 67.6 cm³/mol. The second-order valence-electron chi connectivity index (χ2n) is 4.80. The van der Waals surface area contributed by atoms with Crippen LogP contribution < -0.4 is 4.74 Å². The number of aromatic nitrogens is 2. The zero-order chi connectivity index (χ0) is 15.5. The van der Waals surface area contributed by atoms with Gasteiger partial charge in [0.2, 0.25) is 5.91 Å². The average molecular weight is 303 g/mol. The molecule has 2 heterocycles. The number of piperidine rings is 1. The molecule has 0 aromatic carbocycles. The fourth-order valence-electron chi connectivity index (χ4n) is 2.19. The van der Waals surface area contributed by atoms with Crippen LogP contribution in [0.4, 0.5) is 13.2 Å². The van der Waals surface area contributed by atoms with E-state index in [1.807, 2.05) is 0 Å². The minimum Gasteiger partial charge on any atom is -0.458 e. The van der Waals surface area contributed by atoms with Gasteiger partial charge in [0, 0.05) is 19.2 Å². The fourth-order valence-corrected chi connectivity index (χ4v) is 2.19. The van der Waals surface area contributed by atoms with Crippen molar-refractivity contribution >= 4 is 5.91 Å². The summed E-state index contributed by atoms with van der Waals surface area (Å²) in [5.74, 6) is 0.00765. The molecule has 1 atom stereocenters. The van der Waals surface area contributed by atoms with E-state index in [0.29, 0.717) is 25.9 Å². The molecule has 0 bridgehead atoms. The van der Waals surface area contributed by atoms with Crippen molar-refractivity contribution in [2.45, 2.75) is 38.5 Å². The molecule has 2 rings (SSSR count). The normalized spacial score (nSPS) is 19.4. The quantitative estimate of drug-likeness (QED) is 0.859. The molecule has 1 aliphatic rings. The van der Waals surface area contributed by atoms with E-state index in [9.17, 15) is 18.0 Å². The molecule has 0 radical (unpaired) electrons. The van der Waals surface area contributed by atoms with Crippen LogP contribution in [0.25, 0.3) is 0 Å². The summed E-state index contributed by atoms with van der Waals surface area (Å²) in [6, 6.07) is 0.487. The smallest absolute Gasteiger partial charge is 0.433 e. The molecule has 1 aromatic heterocycles. The summed E-state index contributed by atoms with van der Waals surface area (Å²) in [5, 5.41) is 0. The summed E-state index contributed by atoms with van der Waals surface area (Å²) in [4.78, 5) is 20.4. The van der Waals surface area contributed by atoms with Gasteiger partial charge in [-0.15, -0.1) is 0 Å². The van der Waals surface area contributed by atoms with E-state index in [2.05, 4.69) is 9.97 Å². The largest absolute Gasteiger partial charge is 0.458 e. The first-order chi connectivity index (χ1) is 9.90. The maximum Gasteiger partial charge on any atom is 0.433 e. The average Bonchev–Trinajstić information content (AvgIpc) is 2.46. The molecule has 116 valence electrons. The monoisotopic (exact) mass is 303 g/mol. The van der Waals surface area contributed by atoms with Crippen molar-refractivity contribution in [3.8, 4) is 6.01 Å². The molecule has 1 fully saturated rings. The van der Waals surface area contributed by atoms with Crippen LogP contribution in [-0.2, 0) is 11.0 Å². The van der Waals surface area contributed by atoms with Gasteiger partial charge in [0.25, 0.3) is 0 Å². The molecule has 0 aliphatic carbocycles. The van der Waals surface area contributed by atoms with Crippen LogP contribution in [-0.4, -0.2) is 40.0 Å². The van der Waals surface area contributed by atoms with Gasteiger partial charge in [-0.05, 0) is 18.9 Å². The van der Waals surface area contributed by atoms with Crippen LogP contribution in [0.5, 0.6) is 6.01 Å². The number of nitrogens with zero attached hydrogens (tertiary/aromatic N) is 3. The number of alkyl halides is 3. The Morgan fingerprint density at radius 3 is 2.95 bits per heavy atom. The number of likely N-dealkylation sites (tertiary alicyclic amines) is 1. The third-order valence-corrected chi connectivity index (χ3v) is 3.23. The van der Waals surface area contributed by atoms with Gasteiger partial charge in [0.05, 0.1) is 6.54 Å². The van der Waals surface area contributed by atoms with E-state index in [1.165, 1.54) is 0 Å². The first-order valence-electron chi connectivity index (χ1n) is 6.75. The Bertz CT molecular complexity index is 508. The fraction of sp³-hybridized carbons (Fsp3) is 0.615. The Kier molecular flexibility index (Phi) is 4.64. The first-order valence-corrected chi connectivity index (χ1v) is 6.75. The molecular weight excluding hydrogens is 287 g/mol. The number of hydrogen-bond acceptors (Lipinski definition) is 4. The molecule has 0 spiro atoms. The van der Waals surface area contributed by atoms with Gasteiger partial charge in [-0.1, -0.05) is 6.92 Å². The van der Waals surface area contributed by atoms with Crippen LogP contribution in [0.2, 0.25) is 0 Å². The molecule has 1 aliphatic heterocycles. The van der Waals surface area contributed by atoms with Crippen molar-refractivity contribution in [2.24, 2.45) is 0 Å². The summed E-state index contributed by atoms with van der Waals surface area (Å²) in [5.41, 5.74) is -1.04. The third-order valence-electron chi connectivity index (χ3n) is 3.23. The predicted octanol–water partition coefficient (Wildman–Crippen LogP) is 2.28. The first kappa shape index (κ1) is 15.5. The standard InChI is InChI=1S/C13H16F3N3O2/c1-2-11(20)19-7-3-4-9(8-19)21-12-17-6-5-10(18-12)13(14,15)16/h5-6,9H,2-4,7-8H2,1H3. The van der Waals surface area contributed by atoms with Gasteiger partial charge < -0.3 is 9.64 Å². The van der Waals surface area contributed by atoms with Crippen molar-refractivity contribution < 1.29 is 22.7 Å². The second kappa shape index (κ2) is 6.28. The lowest BCUT2D eigenvalue weighted by Crippen LogP contribution is -2.44. The Balaban J connectivity index is 2.03. The number of amides is 1. The van der Waals surface area contributed by atoms with Crippen molar-refractivity contribution in [2.75, 3.05) is 13.1 Å². The van der Waals surface area contributed by atoms with Crippen LogP contribution >= 0.6 is 0 Å². The molecule has 21 heavy (non-hydrogen) atoms. The zero-order valence-electron chi connectivity index (χ0n) is 11.6. The Morgan fingerprint density at radius 2 is 2.29 bits per heavy atom. The lowest BCUT2D eigenvalue weighted by molar-refractivity contribution is -0.141. The zero-order valence-corrected chi connectivity index (χ0v) is 11.6. The van der Waals surface area contributed by atoms with Crippen LogP contribution in [0, 0.1) is 0 Å². The molecule has 5 nitrogen and oxygen atoms in total. The topological polar surface area (TPSA) is 55.3 Å². The van der Waals surface area contributed by atoms with E-state index >= 15 is 0 Å². The summed E-state index contributed by atoms with van der Waals surface area (Å²) >= 11 is 0. The third kappa shape index (κ3) is 4.05. The highest BCUT2D eigenvalue weighted by atomic mass is 19.4. The number of carbonyl (C=O) groups excluding carboxylic acids is 1. The molecule has 1 saturated heterocycles. The number of hydrogen-bond donors (Lipinski definition) is 0. The van der Waals surface area contributed by atoms with Crippen LogP contribution in [0.1, 0.15) is 31.9 Å². The van der Waals surface area contributed by atoms with Crippen molar-refractivity contribution in [1.82, 2.24) is 14.9 Å². The summed E-state index contributed by atoms with van der Waals surface area (Å²) in [7, 11) is 0. The highest BCUT2D eigenvalue weighted by molar-refractivity contribution is 5.75. The summed E-state index contributed by atoms with van der Waals surface area (Å²) < 4.78 is 43.1. The van der Waals surface area contributed by atoms with Crippen molar-refractivity contribution in [1.29, 1.82) is 0 Å². The van der Waals surface area contributed by atoms with Crippen molar-refractivity contribution in [3.05, 3.63) is 18.0 Å². The van der Waals surface area contributed by atoms with E-state index in [4.69, 9.17) is 4.74 Å². The minimum atomic E-state index is -4.53. The molecule has 0 saturated carbocycles. The van der Waals surface area contributed by atoms with Gasteiger partial charge in [0.1, 0.15) is 6.10 Å².